The van der Waals surface area contributed by atoms with Gasteiger partial charge < -0.3 is 5.32 Å². The van der Waals surface area contributed by atoms with Crippen molar-refractivity contribution in [2.75, 3.05) is 0 Å². The minimum Gasteiger partial charge on any atom is -0.346 e. The van der Waals surface area contributed by atoms with Crippen LogP contribution in [0.3, 0.4) is 0 Å². The minimum absolute atomic E-state index is 0.0499. The molecule has 0 heterocycles. The summed E-state index contributed by atoms with van der Waals surface area (Å²) in [6, 6.07) is -0.389. The number of hydrogen-bond donors (Lipinski definition) is 1. The molecule has 0 radical (unpaired) electrons. The molecule has 0 aliphatic carbocycles. The lowest BCUT2D eigenvalue weighted by molar-refractivity contribution is -0.131. The summed E-state index contributed by atoms with van der Waals surface area (Å²) in [6.45, 7) is 11.0. The molecular weight excluding hydrogens is 178 g/mol. The van der Waals surface area contributed by atoms with Gasteiger partial charge in [-0.15, -0.1) is 0 Å². The fourth-order valence-corrected chi connectivity index (χ4v) is 1.25. The van der Waals surface area contributed by atoms with Gasteiger partial charge in [-0.25, -0.2) is 0 Å². The Hall–Kier alpha value is -0.860. The van der Waals surface area contributed by atoms with E-state index in [0.29, 0.717) is 0 Å². The third kappa shape index (κ3) is 3.90. The lowest BCUT2D eigenvalue weighted by atomic mass is 9.81. The van der Waals surface area contributed by atoms with Crippen molar-refractivity contribution in [3.8, 4) is 0 Å². The summed E-state index contributed by atoms with van der Waals surface area (Å²) in [5.74, 6) is -0.113. The van der Waals surface area contributed by atoms with Crippen LogP contribution in [0.1, 0.15) is 41.5 Å². The first-order valence-electron chi connectivity index (χ1n) is 4.97. The fraction of sp³-hybridized carbons (Fsp3) is 0.818. The molecule has 82 valence electrons. The van der Waals surface area contributed by atoms with Crippen molar-refractivity contribution in [3.63, 3.8) is 0 Å². The van der Waals surface area contributed by atoms with E-state index in [2.05, 4.69) is 5.32 Å². The highest BCUT2D eigenvalue weighted by atomic mass is 16.2. The Kier molecular flexibility index (Phi) is 4.30. The number of rotatable bonds is 3. The van der Waals surface area contributed by atoms with E-state index in [4.69, 9.17) is 0 Å². The SMILES string of the molecule is CC(=O)N[C@H](C(=O)C(C)C)C(C)(C)C. The highest BCUT2D eigenvalue weighted by Crippen LogP contribution is 2.22. The molecule has 0 aromatic rings. The predicted molar refractivity (Wildman–Crippen MR) is 56.9 cm³/mol. The van der Waals surface area contributed by atoms with Crippen LogP contribution in [-0.4, -0.2) is 17.7 Å². The monoisotopic (exact) mass is 199 g/mol. The summed E-state index contributed by atoms with van der Waals surface area (Å²) in [5.41, 5.74) is -0.229. The molecule has 0 aromatic carbocycles. The molecule has 1 N–H and O–H groups in total. The molecule has 0 saturated heterocycles. The van der Waals surface area contributed by atoms with E-state index in [0.717, 1.165) is 0 Å². The van der Waals surface area contributed by atoms with E-state index in [9.17, 15) is 9.59 Å². The summed E-state index contributed by atoms with van der Waals surface area (Å²) >= 11 is 0. The fourth-order valence-electron chi connectivity index (χ4n) is 1.25. The Morgan fingerprint density at radius 3 is 1.79 bits per heavy atom. The molecule has 14 heavy (non-hydrogen) atoms. The molecule has 0 bridgehead atoms. The highest BCUT2D eigenvalue weighted by molar-refractivity contribution is 5.90. The van der Waals surface area contributed by atoms with Crippen molar-refractivity contribution in [2.24, 2.45) is 11.3 Å². The van der Waals surface area contributed by atoms with Gasteiger partial charge in [0.25, 0.3) is 0 Å². The number of carbonyl (C=O) groups is 2. The lowest BCUT2D eigenvalue weighted by Gasteiger charge is -2.31. The van der Waals surface area contributed by atoms with Gasteiger partial charge in [-0.2, -0.15) is 0 Å². The van der Waals surface area contributed by atoms with Gasteiger partial charge in [-0.1, -0.05) is 34.6 Å². The molecule has 0 rings (SSSR count). The summed E-state index contributed by atoms with van der Waals surface area (Å²) in [6.07, 6.45) is 0. The third-order valence-corrected chi connectivity index (χ3v) is 2.07. The first kappa shape index (κ1) is 13.1. The molecule has 1 atom stereocenters. The van der Waals surface area contributed by atoms with E-state index in [1.54, 1.807) is 0 Å². The Balaban J connectivity index is 4.73. The van der Waals surface area contributed by atoms with Crippen molar-refractivity contribution >= 4 is 11.7 Å². The van der Waals surface area contributed by atoms with E-state index in [-0.39, 0.29) is 29.1 Å². The number of Topliss-reactive ketones (excluding diaryl/α,β-unsaturated/α-hetero) is 1. The summed E-state index contributed by atoms with van der Waals surface area (Å²) in [5, 5.41) is 2.71. The number of nitrogens with one attached hydrogen (secondary N) is 1. The van der Waals surface area contributed by atoms with E-state index < -0.39 is 0 Å². The summed E-state index contributed by atoms with van der Waals surface area (Å²) in [4.78, 5) is 22.8. The number of amides is 1. The molecule has 3 nitrogen and oxygen atoms in total. The zero-order chi connectivity index (χ0) is 11.5. The van der Waals surface area contributed by atoms with Crippen LogP contribution in [0, 0.1) is 11.3 Å². The van der Waals surface area contributed by atoms with Gasteiger partial charge in [0.15, 0.2) is 5.78 Å². The van der Waals surface area contributed by atoms with Gasteiger partial charge in [0.05, 0.1) is 6.04 Å². The third-order valence-electron chi connectivity index (χ3n) is 2.07. The van der Waals surface area contributed by atoms with Crippen molar-refractivity contribution in [1.82, 2.24) is 5.32 Å². The Morgan fingerprint density at radius 2 is 1.57 bits per heavy atom. The van der Waals surface area contributed by atoms with Crippen LogP contribution in [0.4, 0.5) is 0 Å². The number of carbonyl (C=O) groups excluding carboxylic acids is 2. The first-order chi connectivity index (χ1) is 6.16. The Bertz CT molecular complexity index is 226. The van der Waals surface area contributed by atoms with Gasteiger partial charge >= 0.3 is 0 Å². The van der Waals surface area contributed by atoms with Crippen LogP contribution in [0.15, 0.2) is 0 Å². The van der Waals surface area contributed by atoms with Crippen LogP contribution in [0.5, 0.6) is 0 Å². The van der Waals surface area contributed by atoms with Crippen molar-refractivity contribution in [2.45, 2.75) is 47.6 Å². The normalized spacial score (nSPS) is 13.9. The first-order valence-corrected chi connectivity index (χ1v) is 4.97. The highest BCUT2D eigenvalue weighted by Gasteiger charge is 2.32. The van der Waals surface area contributed by atoms with E-state index in [1.165, 1.54) is 6.92 Å². The predicted octanol–water partition coefficient (Wildman–Crippen LogP) is 1.76. The van der Waals surface area contributed by atoms with Crippen molar-refractivity contribution in [3.05, 3.63) is 0 Å². The standard InChI is InChI=1S/C11H21NO2/c1-7(2)9(14)10(11(4,5)6)12-8(3)13/h7,10H,1-6H3,(H,12,13)/t10-/m1/s1. The van der Waals surface area contributed by atoms with Gasteiger partial charge in [0.1, 0.15) is 0 Å². The van der Waals surface area contributed by atoms with Crippen molar-refractivity contribution in [1.29, 1.82) is 0 Å². The number of ketones is 1. The molecule has 0 aliphatic heterocycles. The largest absolute Gasteiger partial charge is 0.346 e. The Labute approximate surface area is 86.3 Å². The molecule has 0 unspecified atom stereocenters. The second kappa shape index (κ2) is 4.58. The second-order valence-corrected chi connectivity index (χ2v) is 5.06. The van der Waals surface area contributed by atoms with Crippen LogP contribution in [0.2, 0.25) is 0 Å². The molecule has 0 saturated carbocycles. The minimum atomic E-state index is -0.389. The van der Waals surface area contributed by atoms with Crippen LogP contribution >= 0.6 is 0 Å². The maximum atomic E-state index is 11.8. The quantitative estimate of drug-likeness (QED) is 0.753. The molecule has 1 amide bonds. The topological polar surface area (TPSA) is 46.2 Å². The number of hydrogen-bond acceptors (Lipinski definition) is 2. The smallest absolute Gasteiger partial charge is 0.217 e. The maximum Gasteiger partial charge on any atom is 0.217 e. The van der Waals surface area contributed by atoms with Crippen LogP contribution < -0.4 is 5.32 Å². The van der Waals surface area contributed by atoms with Gasteiger partial charge in [0.2, 0.25) is 5.91 Å². The van der Waals surface area contributed by atoms with Gasteiger partial charge in [0, 0.05) is 12.8 Å². The molecule has 3 heteroatoms. The summed E-state index contributed by atoms with van der Waals surface area (Å²) < 4.78 is 0. The van der Waals surface area contributed by atoms with Crippen LogP contribution in [-0.2, 0) is 9.59 Å². The molecule has 0 fully saturated rings. The summed E-state index contributed by atoms with van der Waals surface area (Å²) in [7, 11) is 0. The average molecular weight is 199 g/mol. The van der Waals surface area contributed by atoms with E-state index in [1.807, 2.05) is 34.6 Å². The van der Waals surface area contributed by atoms with E-state index >= 15 is 0 Å². The molecular formula is C11H21NO2. The zero-order valence-electron chi connectivity index (χ0n) is 9.97. The maximum absolute atomic E-state index is 11.8. The average Bonchev–Trinajstić information content (AvgIpc) is 1.96. The Morgan fingerprint density at radius 1 is 1.14 bits per heavy atom. The molecule has 0 spiro atoms. The van der Waals surface area contributed by atoms with Gasteiger partial charge in [-0.3, -0.25) is 9.59 Å². The molecule has 0 aromatic heterocycles. The zero-order valence-corrected chi connectivity index (χ0v) is 9.97. The van der Waals surface area contributed by atoms with Crippen LogP contribution in [0.25, 0.3) is 0 Å². The van der Waals surface area contributed by atoms with Gasteiger partial charge in [-0.05, 0) is 5.41 Å². The lowest BCUT2D eigenvalue weighted by Crippen LogP contribution is -2.49. The second-order valence-electron chi connectivity index (χ2n) is 5.06. The molecule has 0 aliphatic rings. The van der Waals surface area contributed by atoms with Crippen molar-refractivity contribution < 1.29 is 9.59 Å².